The molecule has 1 aromatic carbocycles. The molecular formula is C30H48N4O3. The highest BCUT2D eigenvalue weighted by Gasteiger charge is 2.43. The lowest BCUT2D eigenvalue weighted by atomic mass is 9.72. The Kier molecular flexibility index (Phi) is 8.66. The molecule has 7 nitrogen and oxygen atoms in total. The van der Waals surface area contributed by atoms with Gasteiger partial charge < -0.3 is 20.6 Å². The zero-order valence-electron chi connectivity index (χ0n) is 23.5. The van der Waals surface area contributed by atoms with Gasteiger partial charge in [0, 0.05) is 37.8 Å². The van der Waals surface area contributed by atoms with Crippen LogP contribution in [0.4, 0.5) is 0 Å². The monoisotopic (exact) mass is 512 g/mol. The van der Waals surface area contributed by atoms with Crippen molar-refractivity contribution in [2.45, 2.75) is 102 Å². The fraction of sp³-hybridized carbons (Fsp3) is 0.733. The standard InChI is InChI=1S/C30H48N4O3/c1-29(2,3)32-27(36)26-16-22-13-9-10-14-23(22)18-33(26)19-25(35)20-34-24(15-21-11-7-6-8-12-21)17-31-30(4,5)28(34)37/h6-8,11-12,22-26,31,35H,9-10,13-20H2,1-5H3,(H,32,36)/t22-,23+,24-,25?,26?/m0/s1. The van der Waals surface area contributed by atoms with Crippen LogP contribution in [0.2, 0.25) is 0 Å². The highest BCUT2D eigenvalue weighted by molar-refractivity contribution is 5.86. The molecule has 2 saturated heterocycles. The average molecular weight is 513 g/mol. The van der Waals surface area contributed by atoms with Crippen LogP contribution in [0.15, 0.2) is 30.3 Å². The van der Waals surface area contributed by atoms with Gasteiger partial charge in [-0.2, -0.15) is 0 Å². The second-order valence-corrected chi connectivity index (χ2v) is 13.2. The van der Waals surface area contributed by atoms with Gasteiger partial charge in [0.1, 0.15) is 0 Å². The fourth-order valence-electron chi connectivity index (χ4n) is 6.57. The van der Waals surface area contributed by atoms with Crippen molar-refractivity contribution in [1.29, 1.82) is 0 Å². The number of piperidine rings is 1. The van der Waals surface area contributed by atoms with Gasteiger partial charge in [0.05, 0.1) is 17.7 Å². The summed E-state index contributed by atoms with van der Waals surface area (Å²) in [7, 11) is 0. The van der Waals surface area contributed by atoms with E-state index in [2.05, 4.69) is 27.7 Å². The molecule has 206 valence electrons. The molecule has 0 radical (unpaired) electrons. The van der Waals surface area contributed by atoms with Crippen LogP contribution < -0.4 is 10.6 Å². The number of piperazine rings is 1. The summed E-state index contributed by atoms with van der Waals surface area (Å²) in [5.41, 5.74) is 0.219. The summed E-state index contributed by atoms with van der Waals surface area (Å²) in [6.45, 7) is 12.1. The summed E-state index contributed by atoms with van der Waals surface area (Å²) in [5.74, 6) is 1.26. The van der Waals surface area contributed by atoms with Crippen molar-refractivity contribution in [2.24, 2.45) is 11.8 Å². The minimum Gasteiger partial charge on any atom is -0.390 e. The Morgan fingerprint density at radius 1 is 1.14 bits per heavy atom. The average Bonchev–Trinajstić information content (AvgIpc) is 2.83. The van der Waals surface area contributed by atoms with E-state index in [1.807, 2.05) is 57.7 Å². The number of amides is 2. The topological polar surface area (TPSA) is 84.9 Å². The molecule has 0 bridgehead atoms. The molecule has 2 unspecified atom stereocenters. The van der Waals surface area contributed by atoms with Gasteiger partial charge in [-0.25, -0.2) is 0 Å². The van der Waals surface area contributed by atoms with E-state index in [0.29, 0.717) is 24.9 Å². The van der Waals surface area contributed by atoms with E-state index in [-0.39, 0.29) is 36.0 Å². The van der Waals surface area contributed by atoms with E-state index in [1.54, 1.807) is 0 Å². The number of carbonyl (C=O) groups excluding carboxylic acids is 2. The third-order valence-electron chi connectivity index (χ3n) is 8.49. The predicted octanol–water partition coefficient (Wildman–Crippen LogP) is 2.96. The summed E-state index contributed by atoms with van der Waals surface area (Å²) in [6, 6.07) is 9.96. The Balaban J connectivity index is 1.48. The van der Waals surface area contributed by atoms with Crippen LogP contribution >= 0.6 is 0 Å². The molecule has 37 heavy (non-hydrogen) atoms. The summed E-state index contributed by atoms with van der Waals surface area (Å²) in [6.07, 6.45) is 5.78. The van der Waals surface area contributed by atoms with E-state index in [1.165, 1.54) is 31.2 Å². The van der Waals surface area contributed by atoms with E-state index in [9.17, 15) is 14.7 Å². The molecular weight excluding hydrogens is 464 g/mol. The molecule has 3 fully saturated rings. The molecule has 3 N–H and O–H groups in total. The van der Waals surface area contributed by atoms with Gasteiger partial charge >= 0.3 is 0 Å². The maximum atomic E-state index is 13.5. The lowest BCUT2D eigenvalue weighted by Gasteiger charge is -2.48. The highest BCUT2D eigenvalue weighted by Crippen LogP contribution is 2.39. The van der Waals surface area contributed by atoms with Crippen LogP contribution in [-0.2, 0) is 16.0 Å². The second-order valence-electron chi connectivity index (χ2n) is 13.2. The molecule has 1 aromatic rings. The first-order valence-corrected chi connectivity index (χ1v) is 14.3. The summed E-state index contributed by atoms with van der Waals surface area (Å²) in [4.78, 5) is 30.9. The Morgan fingerprint density at radius 2 is 1.81 bits per heavy atom. The van der Waals surface area contributed by atoms with Crippen LogP contribution in [0.3, 0.4) is 0 Å². The van der Waals surface area contributed by atoms with E-state index >= 15 is 0 Å². The lowest BCUT2D eigenvalue weighted by molar-refractivity contribution is -0.146. The minimum absolute atomic E-state index is 0.0201. The van der Waals surface area contributed by atoms with Gasteiger partial charge in [-0.15, -0.1) is 0 Å². The van der Waals surface area contributed by atoms with Crippen molar-refractivity contribution >= 4 is 11.8 Å². The maximum absolute atomic E-state index is 13.5. The molecule has 0 aromatic heterocycles. The Bertz CT molecular complexity index is 929. The summed E-state index contributed by atoms with van der Waals surface area (Å²) < 4.78 is 0. The first-order chi connectivity index (χ1) is 17.4. The van der Waals surface area contributed by atoms with E-state index in [4.69, 9.17) is 0 Å². The summed E-state index contributed by atoms with van der Waals surface area (Å²) >= 11 is 0. The number of aliphatic hydroxyl groups excluding tert-OH is 1. The van der Waals surface area contributed by atoms with Crippen molar-refractivity contribution in [3.63, 3.8) is 0 Å². The molecule has 3 aliphatic rings. The van der Waals surface area contributed by atoms with E-state index in [0.717, 1.165) is 19.4 Å². The Labute approximate surface area is 223 Å². The number of nitrogens with zero attached hydrogens (tertiary/aromatic N) is 2. The van der Waals surface area contributed by atoms with Crippen LogP contribution in [0, 0.1) is 11.8 Å². The van der Waals surface area contributed by atoms with Crippen LogP contribution in [0.1, 0.15) is 72.3 Å². The molecule has 2 heterocycles. The molecule has 0 spiro atoms. The maximum Gasteiger partial charge on any atom is 0.242 e. The summed E-state index contributed by atoms with van der Waals surface area (Å²) in [5, 5.41) is 18.0. The number of fused-ring (bicyclic) bond motifs is 1. The molecule has 2 aliphatic heterocycles. The van der Waals surface area contributed by atoms with Gasteiger partial charge in [0.15, 0.2) is 0 Å². The third kappa shape index (κ3) is 7.12. The SMILES string of the molecule is CC(C)(C)NC(=O)C1C[C@@H]2CCCC[C@@H]2CN1CC(O)CN1C(=O)C(C)(C)NC[C@@H]1Cc1ccccc1. The van der Waals surface area contributed by atoms with Crippen molar-refractivity contribution in [2.75, 3.05) is 26.2 Å². The van der Waals surface area contributed by atoms with Crippen LogP contribution in [0.5, 0.6) is 0 Å². The van der Waals surface area contributed by atoms with Crippen molar-refractivity contribution in [3.05, 3.63) is 35.9 Å². The molecule has 4 rings (SSSR count). The number of aliphatic hydroxyl groups is 1. The molecule has 1 saturated carbocycles. The highest BCUT2D eigenvalue weighted by atomic mass is 16.3. The fourth-order valence-corrected chi connectivity index (χ4v) is 6.57. The molecule has 1 aliphatic carbocycles. The van der Waals surface area contributed by atoms with E-state index < -0.39 is 11.6 Å². The van der Waals surface area contributed by atoms with Gasteiger partial charge in [0.2, 0.25) is 11.8 Å². The van der Waals surface area contributed by atoms with Gasteiger partial charge in [-0.3, -0.25) is 14.5 Å². The number of rotatable bonds is 7. The predicted molar refractivity (Wildman–Crippen MR) is 147 cm³/mol. The molecule has 2 amide bonds. The smallest absolute Gasteiger partial charge is 0.242 e. The Hall–Kier alpha value is -1.96. The Morgan fingerprint density at radius 3 is 2.49 bits per heavy atom. The number of benzene rings is 1. The number of likely N-dealkylation sites (tertiary alicyclic amines) is 1. The first-order valence-electron chi connectivity index (χ1n) is 14.3. The van der Waals surface area contributed by atoms with Crippen molar-refractivity contribution in [3.8, 4) is 0 Å². The number of carbonyl (C=O) groups is 2. The third-order valence-corrected chi connectivity index (χ3v) is 8.49. The number of β-amino-alcohol motifs (C(OH)–C–C–N with tert-alkyl or cyclic N) is 1. The number of hydrogen-bond acceptors (Lipinski definition) is 5. The zero-order chi connectivity index (χ0) is 26.8. The van der Waals surface area contributed by atoms with Gasteiger partial charge in [-0.05, 0) is 71.3 Å². The quantitative estimate of drug-likeness (QED) is 0.523. The number of hydrogen-bond donors (Lipinski definition) is 3. The van der Waals surface area contributed by atoms with Crippen LogP contribution in [0.25, 0.3) is 0 Å². The minimum atomic E-state index is -0.721. The van der Waals surface area contributed by atoms with Crippen molar-refractivity contribution in [1.82, 2.24) is 20.4 Å². The molecule has 5 atom stereocenters. The first kappa shape index (κ1) is 28.1. The normalized spacial score (nSPS) is 29.5. The second kappa shape index (κ2) is 11.4. The van der Waals surface area contributed by atoms with Gasteiger partial charge in [-0.1, -0.05) is 49.6 Å². The zero-order valence-corrected chi connectivity index (χ0v) is 23.5. The van der Waals surface area contributed by atoms with Crippen molar-refractivity contribution < 1.29 is 14.7 Å². The number of nitrogens with one attached hydrogen (secondary N) is 2. The van der Waals surface area contributed by atoms with Crippen LogP contribution in [-0.4, -0.2) is 82.2 Å². The molecule has 7 heteroatoms. The largest absolute Gasteiger partial charge is 0.390 e. The lowest BCUT2D eigenvalue weighted by Crippen LogP contribution is -2.67. The van der Waals surface area contributed by atoms with Gasteiger partial charge in [0.25, 0.3) is 0 Å².